The molecule has 0 aromatic heterocycles. The SMILES string of the molecule is CC(=O)N(CCC(=O)N1CCN(c2ccccc2)CC1)c1cccc(C)c1C. The molecule has 0 bridgehead atoms. The Morgan fingerprint density at radius 2 is 1.61 bits per heavy atom. The zero-order chi connectivity index (χ0) is 20.1. The number of aryl methyl sites for hydroxylation is 1. The van der Waals surface area contributed by atoms with E-state index in [0.29, 0.717) is 13.0 Å². The topological polar surface area (TPSA) is 43.9 Å². The van der Waals surface area contributed by atoms with Crippen LogP contribution in [0.1, 0.15) is 24.5 Å². The lowest BCUT2D eigenvalue weighted by molar-refractivity contribution is -0.131. The predicted molar refractivity (Wildman–Crippen MR) is 114 cm³/mol. The van der Waals surface area contributed by atoms with Gasteiger partial charge in [-0.15, -0.1) is 0 Å². The third kappa shape index (κ3) is 4.53. The quantitative estimate of drug-likeness (QED) is 0.800. The van der Waals surface area contributed by atoms with Gasteiger partial charge in [0.1, 0.15) is 0 Å². The van der Waals surface area contributed by atoms with Gasteiger partial charge < -0.3 is 14.7 Å². The molecule has 0 aliphatic carbocycles. The average Bonchev–Trinajstić information content (AvgIpc) is 2.71. The lowest BCUT2D eigenvalue weighted by Crippen LogP contribution is -2.49. The van der Waals surface area contributed by atoms with E-state index in [4.69, 9.17) is 0 Å². The van der Waals surface area contributed by atoms with Gasteiger partial charge in [0, 0.05) is 57.4 Å². The number of hydrogen-bond acceptors (Lipinski definition) is 3. The summed E-state index contributed by atoms with van der Waals surface area (Å²) < 4.78 is 0. The summed E-state index contributed by atoms with van der Waals surface area (Å²) in [4.78, 5) is 30.9. The van der Waals surface area contributed by atoms with E-state index >= 15 is 0 Å². The number of anilines is 2. The molecule has 148 valence electrons. The Labute approximate surface area is 167 Å². The van der Waals surface area contributed by atoms with Crippen LogP contribution < -0.4 is 9.80 Å². The highest BCUT2D eigenvalue weighted by Gasteiger charge is 2.23. The number of carbonyl (C=O) groups is 2. The van der Waals surface area contributed by atoms with Gasteiger partial charge in [0.25, 0.3) is 0 Å². The molecule has 0 N–H and O–H groups in total. The monoisotopic (exact) mass is 379 g/mol. The molecule has 5 nitrogen and oxygen atoms in total. The first-order chi connectivity index (χ1) is 13.5. The number of piperazine rings is 1. The summed E-state index contributed by atoms with van der Waals surface area (Å²) in [7, 11) is 0. The molecule has 0 unspecified atom stereocenters. The summed E-state index contributed by atoms with van der Waals surface area (Å²) in [6, 6.07) is 16.2. The number of carbonyl (C=O) groups excluding carboxylic acids is 2. The van der Waals surface area contributed by atoms with Crippen LogP contribution in [0.5, 0.6) is 0 Å². The van der Waals surface area contributed by atoms with Crippen LogP contribution in [0.15, 0.2) is 48.5 Å². The summed E-state index contributed by atoms with van der Waals surface area (Å²) in [5.74, 6) is 0.0830. The molecule has 1 fully saturated rings. The first kappa shape index (κ1) is 19.9. The predicted octanol–water partition coefficient (Wildman–Crippen LogP) is 3.40. The highest BCUT2D eigenvalue weighted by atomic mass is 16.2. The van der Waals surface area contributed by atoms with E-state index in [1.807, 2.05) is 55.1 Å². The fourth-order valence-electron chi connectivity index (χ4n) is 3.69. The van der Waals surface area contributed by atoms with E-state index in [0.717, 1.165) is 43.0 Å². The molecule has 0 radical (unpaired) electrons. The Hall–Kier alpha value is -2.82. The van der Waals surface area contributed by atoms with Gasteiger partial charge in [-0.1, -0.05) is 30.3 Å². The molecule has 0 spiro atoms. The molecule has 1 saturated heterocycles. The van der Waals surface area contributed by atoms with Crippen molar-refractivity contribution in [2.45, 2.75) is 27.2 Å². The van der Waals surface area contributed by atoms with Gasteiger partial charge in [0.2, 0.25) is 11.8 Å². The Morgan fingerprint density at radius 3 is 2.25 bits per heavy atom. The molecular formula is C23H29N3O2. The van der Waals surface area contributed by atoms with Crippen LogP contribution >= 0.6 is 0 Å². The average molecular weight is 380 g/mol. The lowest BCUT2D eigenvalue weighted by atomic mass is 10.1. The van der Waals surface area contributed by atoms with Crippen molar-refractivity contribution in [1.82, 2.24) is 4.90 Å². The summed E-state index contributed by atoms with van der Waals surface area (Å²) in [6.07, 6.45) is 0.346. The van der Waals surface area contributed by atoms with Gasteiger partial charge >= 0.3 is 0 Å². The highest BCUT2D eigenvalue weighted by molar-refractivity contribution is 5.93. The molecule has 1 aliphatic rings. The van der Waals surface area contributed by atoms with Crippen LogP contribution in [0.2, 0.25) is 0 Å². The van der Waals surface area contributed by atoms with Crippen molar-refractivity contribution in [3.05, 3.63) is 59.7 Å². The van der Waals surface area contributed by atoms with Crippen LogP contribution in [0.25, 0.3) is 0 Å². The maximum atomic E-state index is 12.7. The molecule has 1 aliphatic heterocycles. The maximum Gasteiger partial charge on any atom is 0.224 e. The largest absolute Gasteiger partial charge is 0.368 e. The van der Waals surface area contributed by atoms with Crippen molar-refractivity contribution < 1.29 is 9.59 Å². The van der Waals surface area contributed by atoms with Gasteiger partial charge in [0.15, 0.2) is 0 Å². The second kappa shape index (κ2) is 8.91. The molecule has 2 aromatic carbocycles. The van der Waals surface area contributed by atoms with E-state index in [9.17, 15) is 9.59 Å². The van der Waals surface area contributed by atoms with Crippen LogP contribution in [0, 0.1) is 13.8 Å². The summed E-state index contributed by atoms with van der Waals surface area (Å²) in [5.41, 5.74) is 4.33. The van der Waals surface area contributed by atoms with Gasteiger partial charge in [-0.2, -0.15) is 0 Å². The second-order valence-electron chi connectivity index (χ2n) is 7.34. The minimum atomic E-state index is -0.0320. The third-order valence-corrected chi connectivity index (χ3v) is 5.55. The first-order valence-electron chi connectivity index (χ1n) is 9.89. The number of rotatable bonds is 5. The zero-order valence-corrected chi connectivity index (χ0v) is 17.0. The number of para-hydroxylation sites is 1. The summed E-state index contributed by atoms with van der Waals surface area (Å²) >= 11 is 0. The fraction of sp³-hybridized carbons (Fsp3) is 0.391. The van der Waals surface area contributed by atoms with Crippen LogP contribution in [0.3, 0.4) is 0 Å². The Bertz CT molecular complexity index is 827. The lowest BCUT2D eigenvalue weighted by Gasteiger charge is -2.36. The summed E-state index contributed by atoms with van der Waals surface area (Å²) in [6.45, 7) is 9.14. The minimum Gasteiger partial charge on any atom is -0.368 e. The maximum absolute atomic E-state index is 12.7. The minimum absolute atomic E-state index is 0.0320. The molecular weight excluding hydrogens is 350 g/mol. The van der Waals surface area contributed by atoms with E-state index < -0.39 is 0 Å². The molecule has 0 saturated carbocycles. The van der Waals surface area contributed by atoms with E-state index in [1.54, 1.807) is 11.8 Å². The smallest absolute Gasteiger partial charge is 0.224 e. The fourth-order valence-corrected chi connectivity index (χ4v) is 3.69. The van der Waals surface area contributed by atoms with Crippen LogP contribution in [-0.4, -0.2) is 49.4 Å². The molecule has 0 atom stereocenters. The van der Waals surface area contributed by atoms with Gasteiger partial charge in [0.05, 0.1) is 0 Å². The second-order valence-corrected chi connectivity index (χ2v) is 7.34. The highest BCUT2D eigenvalue weighted by Crippen LogP contribution is 2.23. The van der Waals surface area contributed by atoms with Crippen LogP contribution in [0.4, 0.5) is 11.4 Å². The van der Waals surface area contributed by atoms with E-state index in [2.05, 4.69) is 17.0 Å². The number of benzene rings is 2. The van der Waals surface area contributed by atoms with Gasteiger partial charge in [-0.25, -0.2) is 0 Å². The standard InChI is InChI=1S/C23H29N3O2/c1-18-8-7-11-22(19(18)2)26(20(3)27)13-12-23(28)25-16-14-24(15-17-25)21-9-5-4-6-10-21/h4-11H,12-17H2,1-3H3. The van der Waals surface area contributed by atoms with Crippen molar-refractivity contribution in [3.8, 4) is 0 Å². The van der Waals surface area contributed by atoms with Gasteiger partial charge in [-0.3, -0.25) is 9.59 Å². The number of amides is 2. The number of hydrogen-bond donors (Lipinski definition) is 0. The van der Waals surface area contributed by atoms with Crippen molar-refractivity contribution in [1.29, 1.82) is 0 Å². The molecule has 3 rings (SSSR count). The molecule has 1 heterocycles. The van der Waals surface area contributed by atoms with Gasteiger partial charge in [-0.05, 0) is 43.2 Å². The normalized spacial score (nSPS) is 14.1. The Balaban J connectivity index is 1.57. The van der Waals surface area contributed by atoms with Crippen LogP contribution in [-0.2, 0) is 9.59 Å². The molecule has 5 heteroatoms. The van der Waals surface area contributed by atoms with Crippen molar-refractivity contribution in [3.63, 3.8) is 0 Å². The molecule has 2 amide bonds. The molecule has 28 heavy (non-hydrogen) atoms. The van der Waals surface area contributed by atoms with E-state index in [-0.39, 0.29) is 11.8 Å². The Kier molecular flexibility index (Phi) is 6.34. The Morgan fingerprint density at radius 1 is 0.929 bits per heavy atom. The van der Waals surface area contributed by atoms with Crippen molar-refractivity contribution in [2.75, 3.05) is 42.5 Å². The van der Waals surface area contributed by atoms with E-state index in [1.165, 1.54) is 5.69 Å². The van der Waals surface area contributed by atoms with Crippen molar-refractivity contribution >= 4 is 23.2 Å². The zero-order valence-electron chi connectivity index (χ0n) is 17.0. The first-order valence-corrected chi connectivity index (χ1v) is 9.89. The molecule has 2 aromatic rings. The third-order valence-electron chi connectivity index (χ3n) is 5.55. The number of nitrogens with zero attached hydrogens (tertiary/aromatic N) is 3. The summed E-state index contributed by atoms with van der Waals surface area (Å²) in [5, 5.41) is 0. The van der Waals surface area contributed by atoms with Crippen molar-refractivity contribution in [2.24, 2.45) is 0 Å².